The molecule has 0 fully saturated rings. The maximum atomic E-state index is 6.08. The van der Waals surface area contributed by atoms with E-state index in [2.05, 4.69) is 181 Å². The van der Waals surface area contributed by atoms with Gasteiger partial charge in [0.15, 0.2) is 0 Å². The van der Waals surface area contributed by atoms with Crippen molar-refractivity contribution in [2.45, 2.75) is 6.92 Å². The average Bonchev–Trinajstić information content (AvgIpc) is 3.51. The van der Waals surface area contributed by atoms with Crippen molar-refractivity contribution in [2.24, 2.45) is 0 Å². The van der Waals surface area contributed by atoms with Crippen LogP contribution in [-0.2, 0) is 0 Å². The highest BCUT2D eigenvalue weighted by Gasteiger charge is 2.16. The summed E-state index contributed by atoms with van der Waals surface area (Å²) in [6.07, 6.45) is 5.83. The van der Waals surface area contributed by atoms with E-state index in [1.54, 1.807) is 6.08 Å². The van der Waals surface area contributed by atoms with E-state index < -0.39 is 0 Å². The van der Waals surface area contributed by atoms with Crippen LogP contribution in [0.1, 0.15) is 11.3 Å². The Hall–Kier alpha value is -6.64. The van der Waals surface area contributed by atoms with Crippen LogP contribution in [0.4, 0.5) is 17.1 Å². The van der Waals surface area contributed by atoms with E-state index in [0.29, 0.717) is 0 Å². The molecule has 9 aromatic rings. The maximum Gasteiger partial charge on any atom is 0.134 e. The molecule has 0 aliphatic carbocycles. The van der Waals surface area contributed by atoms with E-state index in [9.17, 15) is 0 Å². The summed E-state index contributed by atoms with van der Waals surface area (Å²) in [7, 11) is 0. The maximum absolute atomic E-state index is 6.08. The lowest BCUT2D eigenvalue weighted by Crippen LogP contribution is -2.09. The molecular formula is C49H35NO. The summed E-state index contributed by atoms with van der Waals surface area (Å²) in [5, 5.41) is 8.63. The van der Waals surface area contributed by atoms with Gasteiger partial charge in [0.05, 0.1) is 0 Å². The Morgan fingerprint density at radius 2 is 0.941 bits per heavy atom. The molecule has 242 valence electrons. The van der Waals surface area contributed by atoms with Crippen molar-refractivity contribution in [3.05, 3.63) is 194 Å². The number of anilines is 3. The van der Waals surface area contributed by atoms with Crippen molar-refractivity contribution in [1.29, 1.82) is 0 Å². The van der Waals surface area contributed by atoms with Gasteiger partial charge in [0.2, 0.25) is 0 Å². The topological polar surface area (TPSA) is 16.4 Å². The van der Waals surface area contributed by atoms with Gasteiger partial charge in [-0.1, -0.05) is 128 Å². The summed E-state index contributed by atoms with van der Waals surface area (Å²) < 4.78 is 6.08. The molecular weight excluding hydrogens is 619 g/mol. The molecule has 0 bridgehead atoms. The molecule has 0 saturated heterocycles. The van der Waals surface area contributed by atoms with Crippen LogP contribution in [0, 0.1) is 6.92 Å². The summed E-state index contributed by atoms with van der Waals surface area (Å²) >= 11 is 0. The molecule has 0 amide bonds. The third-order valence-corrected chi connectivity index (χ3v) is 9.95. The molecule has 9 rings (SSSR count). The van der Waals surface area contributed by atoms with Crippen LogP contribution in [-0.4, -0.2) is 0 Å². The minimum atomic E-state index is 0.895. The molecule has 2 heteroatoms. The predicted octanol–water partition coefficient (Wildman–Crippen LogP) is 14.2. The van der Waals surface area contributed by atoms with Crippen molar-refractivity contribution in [3.63, 3.8) is 0 Å². The zero-order valence-electron chi connectivity index (χ0n) is 28.4. The fourth-order valence-electron chi connectivity index (χ4n) is 7.53. The van der Waals surface area contributed by atoms with Gasteiger partial charge in [0.25, 0.3) is 0 Å². The second kappa shape index (κ2) is 12.7. The minimum absolute atomic E-state index is 0.895. The Kier molecular flexibility index (Phi) is 7.56. The van der Waals surface area contributed by atoms with Crippen molar-refractivity contribution >= 4 is 66.4 Å². The molecule has 1 aromatic heterocycles. The number of hydrogen-bond donors (Lipinski definition) is 0. The molecule has 51 heavy (non-hydrogen) atoms. The van der Waals surface area contributed by atoms with E-state index in [1.807, 2.05) is 13.0 Å². The first-order chi connectivity index (χ1) is 25.2. The normalized spacial score (nSPS) is 11.6. The van der Waals surface area contributed by atoms with Gasteiger partial charge in [-0.25, -0.2) is 0 Å². The Balaban J connectivity index is 1.17. The zero-order chi connectivity index (χ0) is 34.3. The average molecular weight is 654 g/mol. The van der Waals surface area contributed by atoms with Crippen LogP contribution >= 0.6 is 0 Å². The standard InChI is InChI=1S/C49H35NO/c1-3-4-20-41-33(2)51-49-28-25-37(32-48(41)49)36-24-27-45-44-26-23-35(30-46(44)42-21-11-12-22-43(42)47(45)31-36)34-14-13-19-40(29-34)50(38-15-7-5-8-16-38)39-17-9-6-10-18-39/h3-32H,1H2,2H3/b20-4-. The van der Waals surface area contributed by atoms with Crippen LogP contribution in [0.3, 0.4) is 0 Å². The Morgan fingerprint density at radius 3 is 1.53 bits per heavy atom. The lowest BCUT2D eigenvalue weighted by Gasteiger charge is -2.26. The number of fused-ring (bicyclic) bond motifs is 7. The van der Waals surface area contributed by atoms with E-state index >= 15 is 0 Å². The number of aryl methyl sites for hydroxylation is 1. The number of nitrogens with zero attached hydrogens (tertiary/aromatic N) is 1. The quantitative estimate of drug-likeness (QED) is 0.126. The first-order valence-corrected chi connectivity index (χ1v) is 17.4. The summed E-state index contributed by atoms with van der Waals surface area (Å²) in [5.74, 6) is 0.909. The second-order valence-electron chi connectivity index (χ2n) is 13.0. The fraction of sp³-hybridized carbons (Fsp3) is 0.0204. The van der Waals surface area contributed by atoms with Gasteiger partial charge in [-0.2, -0.15) is 0 Å². The summed E-state index contributed by atoms with van der Waals surface area (Å²) in [6.45, 7) is 5.86. The van der Waals surface area contributed by atoms with Crippen LogP contribution in [0.2, 0.25) is 0 Å². The van der Waals surface area contributed by atoms with Gasteiger partial charge in [0, 0.05) is 28.0 Å². The van der Waals surface area contributed by atoms with Crippen LogP contribution < -0.4 is 4.90 Å². The molecule has 2 nitrogen and oxygen atoms in total. The SMILES string of the molecule is C=C/C=C\c1c(C)oc2ccc(-c3ccc4c5ccc(-c6cccc(N(c7ccccc7)c7ccccc7)c6)cc5c5ccccc5c4c3)cc12. The van der Waals surface area contributed by atoms with Crippen LogP contribution in [0.15, 0.2) is 187 Å². The van der Waals surface area contributed by atoms with E-state index in [0.717, 1.165) is 44.9 Å². The summed E-state index contributed by atoms with van der Waals surface area (Å²) in [5.41, 5.74) is 10.1. The highest BCUT2D eigenvalue weighted by atomic mass is 16.3. The number of allylic oxidation sites excluding steroid dienone is 2. The van der Waals surface area contributed by atoms with E-state index in [-0.39, 0.29) is 0 Å². The number of rotatable bonds is 7. The molecule has 0 radical (unpaired) electrons. The van der Waals surface area contributed by atoms with Gasteiger partial charge >= 0.3 is 0 Å². The second-order valence-corrected chi connectivity index (χ2v) is 13.0. The van der Waals surface area contributed by atoms with Gasteiger partial charge in [-0.05, 0) is 122 Å². The Bertz CT molecular complexity index is 2710. The van der Waals surface area contributed by atoms with Crippen molar-refractivity contribution in [3.8, 4) is 22.3 Å². The Labute approximate surface area is 297 Å². The first-order valence-electron chi connectivity index (χ1n) is 17.4. The molecule has 0 aliphatic heterocycles. The molecule has 0 aliphatic rings. The zero-order valence-corrected chi connectivity index (χ0v) is 28.4. The van der Waals surface area contributed by atoms with Crippen molar-refractivity contribution < 1.29 is 4.42 Å². The van der Waals surface area contributed by atoms with Gasteiger partial charge in [-0.3, -0.25) is 0 Å². The molecule has 8 aromatic carbocycles. The number of para-hydroxylation sites is 2. The third kappa shape index (κ3) is 5.39. The summed E-state index contributed by atoms with van der Waals surface area (Å²) in [4.78, 5) is 2.31. The Morgan fingerprint density at radius 1 is 0.451 bits per heavy atom. The molecule has 0 saturated carbocycles. The molecule has 0 atom stereocenters. The molecule has 0 N–H and O–H groups in total. The van der Waals surface area contributed by atoms with Gasteiger partial charge in [-0.15, -0.1) is 0 Å². The lowest BCUT2D eigenvalue weighted by atomic mass is 9.90. The van der Waals surface area contributed by atoms with E-state index in [4.69, 9.17) is 4.42 Å². The first kappa shape index (κ1) is 30.4. The highest BCUT2D eigenvalue weighted by Crippen LogP contribution is 2.41. The number of hydrogen-bond acceptors (Lipinski definition) is 2. The molecule has 0 unspecified atom stereocenters. The number of benzene rings is 8. The van der Waals surface area contributed by atoms with Crippen LogP contribution in [0.25, 0.3) is 71.6 Å². The van der Waals surface area contributed by atoms with Gasteiger partial charge < -0.3 is 9.32 Å². The molecule has 0 spiro atoms. The van der Waals surface area contributed by atoms with Crippen LogP contribution in [0.5, 0.6) is 0 Å². The largest absolute Gasteiger partial charge is 0.461 e. The third-order valence-electron chi connectivity index (χ3n) is 9.95. The van der Waals surface area contributed by atoms with Crippen molar-refractivity contribution in [1.82, 2.24) is 0 Å². The van der Waals surface area contributed by atoms with Gasteiger partial charge in [0.1, 0.15) is 11.3 Å². The highest BCUT2D eigenvalue weighted by molar-refractivity contribution is 6.26. The number of furan rings is 1. The predicted molar refractivity (Wildman–Crippen MR) is 218 cm³/mol. The van der Waals surface area contributed by atoms with Crippen molar-refractivity contribution in [2.75, 3.05) is 4.90 Å². The lowest BCUT2D eigenvalue weighted by molar-refractivity contribution is 0.577. The fourth-order valence-corrected chi connectivity index (χ4v) is 7.53. The monoisotopic (exact) mass is 653 g/mol. The molecule has 1 heterocycles. The smallest absolute Gasteiger partial charge is 0.134 e. The minimum Gasteiger partial charge on any atom is -0.461 e. The van der Waals surface area contributed by atoms with E-state index in [1.165, 1.54) is 49.0 Å². The summed E-state index contributed by atoms with van der Waals surface area (Å²) in [6, 6.07) is 59.1.